The summed E-state index contributed by atoms with van der Waals surface area (Å²) in [5, 5.41) is 23.4. The lowest BCUT2D eigenvalue weighted by atomic mass is 9.98. The summed E-state index contributed by atoms with van der Waals surface area (Å²) in [4.78, 5) is 14.7. The van der Waals surface area contributed by atoms with E-state index in [2.05, 4.69) is 39.4 Å². The molecule has 1 unspecified atom stereocenters. The zero-order chi connectivity index (χ0) is 20.9. The Balaban J connectivity index is 1.36. The van der Waals surface area contributed by atoms with E-state index in [0.29, 0.717) is 34.7 Å². The minimum atomic E-state index is -0.466. The van der Waals surface area contributed by atoms with Gasteiger partial charge in [0.2, 0.25) is 17.6 Å². The summed E-state index contributed by atoms with van der Waals surface area (Å²) in [6, 6.07) is 16.2. The largest absolute Gasteiger partial charge is 0.416 e. The number of aromatic nitrogens is 4. The number of benzene rings is 2. The Morgan fingerprint density at radius 2 is 1.93 bits per heavy atom. The molecular weight excluding hydrogens is 406 g/mol. The topological polar surface area (TPSA) is 121 Å². The van der Waals surface area contributed by atoms with Gasteiger partial charge in [0.25, 0.3) is 10.9 Å². The summed E-state index contributed by atoms with van der Waals surface area (Å²) >= 11 is 1.29. The Morgan fingerprint density at radius 3 is 2.73 bits per heavy atom. The Morgan fingerprint density at radius 1 is 1.10 bits per heavy atom. The summed E-state index contributed by atoms with van der Waals surface area (Å²) in [5.74, 6) is 1.82. The van der Waals surface area contributed by atoms with E-state index in [1.54, 1.807) is 12.1 Å². The molecule has 0 fully saturated rings. The van der Waals surface area contributed by atoms with Crippen LogP contribution in [0.2, 0.25) is 0 Å². The smallest absolute Gasteiger partial charge is 0.277 e. The zero-order valence-electron chi connectivity index (χ0n) is 16.0. The molecule has 0 amide bonds. The SMILES string of the molecule is CC(Cc1nnc(SCc2nc(-c3cccc([N+](=O)[O-])c3)no2)o1)c1ccccc1. The van der Waals surface area contributed by atoms with Gasteiger partial charge in [0.05, 0.1) is 10.7 Å². The van der Waals surface area contributed by atoms with Gasteiger partial charge in [-0.15, -0.1) is 10.2 Å². The average molecular weight is 423 g/mol. The van der Waals surface area contributed by atoms with E-state index in [1.807, 2.05) is 18.2 Å². The van der Waals surface area contributed by atoms with Crippen LogP contribution in [0, 0.1) is 10.1 Å². The molecule has 30 heavy (non-hydrogen) atoms. The molecule has 0 aliphatic carbocycles. The summed E-state index contributed by atoms with van der Waals surface area (Å²) in [6.07, 6.45) is 0.648. The quantitative estimate of drug-likeness (QED) is 0.226. The van der Waals surface area contributed by atoms with Crippen molar-refractivity contribution in [1.82, 2.24) is 20.3 Å². The van der Waals surface area contributed by atoms with Gasteiger partial charge in [-0.2, -0.15) is 4.98 Å². The molecule has 0 bridgehead atoms. The molecule has 2 aromatic carbocycles. The van der Waals surface area contributed by atoms with Crippen molar-refractivity contribution < 1.29 is 13.9 Å². The first kappa shape index (κ1) is 19.8. The van der Waals surface area contributed by atoms with Crippen molar-refractivity contribution in [3.8, 4) is 11.4 Å². The van der Waals surface area contributed by atoms with E-state index in [9.17, 15) is 10.1 Å². The van der Waals surface area contributed by atoms with E-state index in [1.165, 1.54) is 29.5 Å². The van der Waals surface area contributed by atoms with Gasteiger partial charge >= 0.3 is 0 Å². The fraction of sp³-hybridized carbons (Fsp3) is 0.200. The van der Waals surface area contributed by atoms with E-state index < -0.39 is 4.92 Å². The molecule has 0 radical (unpaired) electrons. The first-order valence-electron chi connectivity index (χ1n) is 9.16. The predicted molar refractivity (Wildman–Crippen MR) is 109 cm³/mol. The molecule has 152 valence electrons. The monoisotopic (exact) mass is 423 g/mol. The minimum Gasteiger partial charge on any atom is -0.416 e. The molecule has 0 N–H and O–H groups in total. The van der Waals surface area contributed by atoms with Gasteiger partial charge in [0.1, 0.15) is 0 Å². The molecule has 10 heteroatoms. The first-order valence-corrected chi connectivity index (χ1v) is 10.1. The molecule has 0 saturated heterocycles. The Labute approximate surface area is 175 Å². The number of nitro benzene ring substituents is 1. The molecule has 0 spiro atoms. The van der Waals surface area contributed by atoms with Gasteiger partial charge in [0, 0.05) is 24.1 Å². The first-order chi connectivity index (χ1) is 14.6. The van der Waals surface area contributed by atoms with Crippen LogP contribution < -0.4 is 0 Å². The summed E-state index contributed by atoms with van der Waals surface area (Å²) in [5.41, 5.74) is 1.69. The van der Waals surface area contributed by atoms with Crippen molar-refractivity contribution >= 4 is 17.4 Å². The van der Waals surface area contributed by atoms with Crippen LogP contribution in [-0.2, 0) is 12.2 Å². The molecule has 2 aromatic heterocycles. The average Bonchev–Trinajstić information content (AvgIpc) is 3.42. The van der Waals surface area contributed by atoms with Gasteiger partial charge in [-0.1, -0.05) is 66.3 Å². The molecule has 9 nitrogen and oxygen atoms in total. The van der Waals surface area contributed by atoms with Crippen molar-refractivity contribution in [3.63, 3.8) is 0 Å². The van der Waals surface area contributed by atoms with Crippen LogP contribution in [0.3, 0.4) is 0 Å². The van der Waals surface area contributed by atoms with Gasteiger partial charge in [-0.05, 0) is 11.5 Å². The van der Waals surface area contributed by atoms with Crippen molar-refractivity contribution in [2.45, 2.75) is 30.2 Å². The number of rotatable bonds is 8. The number of nitrogens with zero attached hydrogens (tertiary/aromatic N) is 5. The maximum Gasteiger partial charge on any atom is 0.277 e. The summed E-state index contributed by atoms with van der Waals surface area (Å²) in [6.45, 7) is 2.11. The molecule has 4 aromatic rings. The van der Waals surface area contributed by atoms with Crippen molar-refractivity contribution in [3.05, 3.63) is 82.1 Å². The normalized spacial score (nSPS) is 12.0. The van der Waals surface area contributed by atoms with Crippen LogP contribution in [0.5, 0.6) is 0 Å². The highest BCUT2D eigenvalue weighted by molar-refractivity contribution is 7.98. The van der Waals surface area contributed by atoms with Gasteiger partial charge in [0.15, 0.2) is 0 Å². The van der Waals surface area contributed by atoms with Crippen molar-refractivity contribution in [1.29, 1.82) is 0 Å². The second kappa shape index (κ2) is 8.87. The van der Waals surface area contributed by atoms with E-state index in [4.69, 9.17) is 8.94 Å². The number of nitro groups is 1. The van der Waals surface area contributed by atoms with Crippen LogP contribution >= 0.6 is 11.8 Å². The number of hydrogen-bond acceptors (Lipinski definition) is 9. The van der Waals surface area contributed by atoms with Crippen molar-refractivity contribution in [2.75, 3.05) is 0 Å². The maximum absolute atomic E-state index is 10.9. The van der Waals surface area contributed by atoms with Gasteiger partial charge < -0.3 is 8.94 Å². The molecule has 2 heterocycles. The zero-order valence-corrected chi connectivity index (χ0v) is 16.8. The third-order valence-corrected chi connectivity index (χ3v) is 5.20. The summed E-state index contributed by atoms with van der Waals surface area (Å²) < 4.78 is 10.9. The molecule has 4 rings (SSSR count). The fourth-order valence-electron chi connectivity index (χ4n) is 2.85. The van der Waals surface area contributed by atoms with E-state index >= 15 is 0 Å². The highest BCUT2D eigenvalue weighted by Crippen LogP contribution is 2.26. The fourth-order valence-corrected chi connectivity index (χ4v) is 3.47. The van der Waals surface area contributed by atoms with Crippen molar-refractivity contribution in [2.24, 2.45) is 0 Å². The van der Waals surface area contributed by atoms with Crippen LogP contribution in [0.25, 0.3) is 11.4 Å². The lowest BCUT2D eigenvalue weighted by molar-refractivity contribution is -0.384. The Hall–Kier alpha value is -3.53. The second-order valence-electron chi connectivity index (χ2n) is 6.59. The predicted octanol–water partition coefficient (Wildman–Crippen LogP) is 4.67. The third-order valence-electron chi connectivity index (χ3n) is 4.40. The van der Waals surface area contributed by atoms with Crippen LogP contribution in [0.4, 0.5) is 5.69 Å². The van der Waals surface area contributed by atoms with Crippen LogP contribution in [0.1, 0.15) is 30.2 Å². The standard InChI is InChI=1S/C20H17N5O4S/c1-13(14-6-3-2-4-7-14)10-17-22-23-20(28-17)30-12-18-21-19(24-29-18)15-8-5-9-16(11-15)25(26)27/h2-9,11,13H,10,12H2,1H3. The van der Waals surface area contributed by atoms with E-state index in [0.717, 1.165) is 0 Å². The van der Waals surface area contributed by atoms with E-state index in [-0.39, 0.29) is 17.4 Å². The van der Waals surface area contributed by atoms with Crippen LogP contribution in [-0.4, -0.2) is 25.3 Å². The van der Waals surface area contributed by atoms with Gasteiger partial charge in [-0.3, -0.25) is 10.1 Å². The van der Waals surface area contributed by atoms with Crippen LogP contribution in [0.15, 0.2) is 68.8 Å². The molecule has 0 saturated carbocycles. The highest BCUT2D eigenvalue weighted by Gasteiger charge is 2.16. The molecule has 0 aliphatic heterocycles. The minimum absolute atomic E-state index is 0.0312. The Bertz CT molecular complexity index is 1140. The number of hydrogen-bond donors (Lipinski definition) is 0. The maximum atomic E-state index is 10.9. The molecule has 1 atom stereocenters. The lowest BCUT2D eigenvalue weighted by Gasteiger charge is -2.08. The molecular formula is C20H17N5O4S. The Kier molecular flexibility index (Phi) is 5.84. The highest BCUT2D eigenvalue weighted by atomic mass is 32.2. The third kappa shape index (κ3) is 4.71. The second-order valence-corrected chi connectivity index (χ2v) is 7.51. The number of non-ortho nitro benzene ring substituents is 1. The molecule has 0 aliphatic rings. The number of thioether (sulfide) groups is 1. The van der Waals surface area contributed by atoms with Gasteiger partial charge in [-0.25, -0.2) is 0 Å². The lowest BCUT2D eigenvalue weighted by Crippen LogP contribution is -1.98. The summed E-state index contributed by atoms with van der Waals surface area (Å²) in [7, 11) is 0.